The van der Waals surface area contributed by atoms with E-state index in [0.29, 0.717) is 19.4 Å². The number of ether oxygens (including phenoxy) is 8. The van der Waals surface area contributed by atoms with E-state index in [9.17, 15) is 14.7 Å². The van der Waals surface area contributed by atoms with Crippen LogP contribution in [0.15, 0.2) is 37.6 Å². The minimum absolute atomic E-state index is 0.0388. The fourth-order valence-corrected chi connectivity index (χ4v) is 6.46. The molecular formula is C43H76O11. The van der Waals surface area contributed by atoms with Gasteiger partial charge in [0.2, 0.25) is 6.29 Å². The number of rotatable bonds is 35. The molecule has 1 rings (SSSR count). The highest BCUT2D eigenvalue weighted by Gasteiger charge is 2.50. The maximum absolute atomic E-state index is 12.7. The summed E-state index contributed by atoms with van der Waals surface area (Å²) in [5.41, 5.74) is 0. The zero-order chi connectivity index (χ0) is 39.5. The first-order valence-corrected chi connectivity index (χ1v) is 21.1. The molecule has 0 aromatic carbocycles. The molecule has 1 fully saturated rings. The lowest BCUT2D eigenvalue weighted by molar-refractivity contribution is -0.306. The number of unbranched alkanes of at least 4 members (excludes halogenated alkanes) is 17. The van der Waals surface area contributed by atoms with Crippen LogP contribution in [0.4, 0.5) is 9.59 Å². The minimum atomic E-state index is -1.05. The SMILES string of the molecule is C=CCOC(=O)O[C@H](CCCCCCCCCCC)CCO[C@H]1[C@@H](O/C=C/C)O[C@H](CO)[C@@H](OC(=O)OCC=C)[C@@H]1OCCCCCCCCCCCC. The molecule has 1 aliphatic rings. The highest BCUT2D eigenvalue weighted by molar-refractivity contribution is 5.60. The van der Waals surface area contributed by atoms with Crippen LogP contribution >= 0.6 is 0 Å². The molecule has 11 heteroatoms. The second-order valence-corrected chi connectivity index (χ2v) is 14.1. The molecule has 1 N–H and O–H groups in total. The zero-order valence-corrected chi connectivity index (χ0v) is 34.1. The lowest BCUT2D eigenvalue weighted by Gasteiger charge is -2.44. The topological polar surface area (TPSA) is 128 Å². The van der Waals surface area contributed by atoms with Crippen LogP contribution < -0.4 is 0 Å². The van der Waals surface area contributed by atoms with E-state index < -0.39 is 55.7 Å². The van der Waals surface area contributed by atoms with Crippen LogP contribution in [0.25, 0.3) is 0 Å². The van der Waals surface area contributed by atoms with Crippen LogP contribution in [0.1, 0.15) is 156 Å². The first-order chi connectivity index (χ1) is 26.4. The maximum Gasteiger partial charge on any atom is 0.509 e. The van der Waals surface area contributed by atoms with Gasteiger partial charge in [0.15, 0.2) is 6.10 Å². The summed E-state index contributed by atoms with van der Waals surface area (Å²) in [4.78, 5) is 25.1. The van der Waals surface area contributed by atoms with Crippen molar-refractivity contribution < 1.29 is 52.6 Å². The lowest BCUT2D eigenvalue weighted by atomic mass is 9.98. The summed E-state index contributed by atoms with van der Waals surface area (Å²) in [6.45, 7) is 13.6. The third-order valence-corrected chi connectivity index (χ3v) is 9.44. The molecule has 1 saturated heterocycles. The largest absolute Gasteiger partial charge is 0.509 e. The highest BCUT2D eigenvalue weighted by Crippen LogP contribution is 2.30. The van der Waals surface area contributed by atoms with E-state index in [4.69, 9.17) is 37.9 Å². The molecule has 1 heterocycles. The van der Waals surface area contributed by atoms with Crippen molar-refractivity contribution in [3.05, 3.63) is 37.6 Å². The molecule has 0 unspecified atom stereocenters. The second kappa shape index (κ2) is 34.9. The van der Waals surface area contributed by atoms with Gasteiger partial charge >= 0.3 is 12.3 Å². The molecule has 0 bridgehead atoms. The summed E-state index contributed by atoms with van der Waals surface area (Å²) in [7, 11) is 0. The Hall–Kier alpha value is -2.60. The van der Waals surface area contributed by atoms with E-state index in [0.717, 1.165) is 38.5 Å². The zero-order valence-electron chi connectivity index (χ0n) is 34.1. The highest BCUT2D eigenvalue weighted by atomic mass is 16.8. The summed E-state index contributed by atoms with van der Waals surface area (Å²) in [6.07, 6.45) is 22.8. The summed E-state index contributed by atoms with van der Waals surface area (Å²) in [5, 5.41) is 10.3. The molecule has 0 aromatic heterocycles. The average Bonchev–Trinajstić information content (AvgIpc) is 3.17. The van der Waals surface area contributed by atoms with Gasteiger partial charge in [-0.25, -0.2) is 9.59 Å². The van der Waals surface area contributed by atoms with E-state index in [1.165, 1.54) is 102 Å². The number of allylic oxidation sites excluding steroid dienone is 1. The van der Waals surface area contributed by atoms with Crippen molar-refractivity contribution in [2.45, 2.75) is 192 Å². The molecule has 1 aliphatic heterocycles. The van der Waals surface area contributed by atoms with E-state index >= 15 is 0 Å². The van der Waals surface area contributed by atoms with Crippen LogP contribution in [0, 0.1) is 0 Å². The molecular weight excluding hydrogens is 692 g/mol. The third kappa shape index (κ3) is 24.0. The lowest BCUT2D eigenvalue weighted by Crippen LogP contribution is -2.62. The Morgan fingerprint density at radius 1 is 0.667 bits per heavy atom. The third-order valence-electron chi connectivity index (χ3n) is 9.44. The van der Waals surface area contributed by atoms with Crippen molar-refractivity contribution in [3.63, 3.8) is 0 Å². The van der Waals surface area contributed by atoms with Crippen LogP contribution in [0.3, 0.4) is 0 Å². The Bertz CT molecular complexity index is 958. The molecule has 11 nitrogen and oxygen atoms in total. The number of aliphatic hydroxyl groups excluding tert-OH is 1. The Kier molecular flexibility index (Phi) is 31.9. The van der Waals surface area contributed by atoms with Crippen LogP contribution in [0.2, 0.25) is 0 Å². The molecule has 0 spiro atoms. The molecule has 0 radical (unpaired) electrons. The van der Waals surface area contributed by atoms with E-state index in [-0.39, 0.29) is 19.8 Å². The van der Waals surface area contributed by atoms with Crippen molar-refractivity contribution in [2.75, 3.05) is 33.0 Å². The quantitative estimate of drug-likeness (QED) is 0.0286. The average molecular weight is 769 g/mol. The first kappa shape index (κ1) is 49.4. The maximum atomic E-state index is 12.7. The van der Waals surface area contributed by atoms with Crippen molar-refractivity contribution in [3.8, 4) is 0 Å². The van der Waals surface area contributed by atoms with E-state index in [2.05, 4.69) is 27.0 Å². The van der Waals surface area contributed by atoms with Gasteiger partial charge in [-0.1, -0.05) is 154 Å². The van der Waals surface area contributed by atoms with Crippen LogP contribution in [-0.4, -0.2) is 87.3 Å². The number of hydrogen-bond acceptors (Lipinski definition) is 11. The molecule has 0 saturated carbocycles. The molecule has 0 aliphatic carbocycles. The Morgan fingerprint density at radius 2 is 1.19 bits per heavy atom. The smallest absolute Gasteiger partial charge is 0.470 e. The molecule has 314 valence electrons. The van der Waals surface area contributed by atoms with Gasteiger partial charge in [0.25, 0.3) is 0 Å². The fourth-order valence-electron chi connectivity index (χ4n) is 6.46. The second-order valence-electron chi connectivity index (χ2n) is 14.1. The van der Waals surface area contributed by atoms with E-state index in [1.807, 2.05) is 6.92 Å². The predicted octanol–water partition coefficient (Wildman–Crippen LogP) is 10.7. The van der Waals surface area contributed by atoms with Crippen molar-refractivity contribution in [1.82, 2.24) is 0 Å². The standard InChI is InChI=1S/C43H76O11/c1-6-11-13-15-17-19-21-23-25-27-33-47-39-38(54-43(46)51-32-10-5)37(35-44)53-41(49-30-8-3)40(39)48-34-29-36(52-42(45)50-31-9-4)28-26-24-22-20-18-16-14-12-7-2/h8-10,30,36-41,44H,4-7,11-29,31-35H2,1-3H3/b30-8+/t36-,37-,38-,39+,40-,41+/m1/s1. The first-order valence-electron chi connectivity index (χ1n) is 21.1. The van der Waals surface area contributed by atoms with Crippen molar-refractivity contribution >= 4 is 12.3 Å². The summed E-state index contributed by atoms with van der Waals surface area (Å²) in [5.74, 6) is 0. The Balaban J connectivity index is 3.00. The van der Waals surface area contributed by atoms with Crippen molar-refractivity contribution in [1.29, 1.82) is 0 Å². The van der Waals surface area contributed by atoms with Crippen molar-refractivity contribution in [2.24, 2.45) is 0 Å². The van der Waals surface area contributed by atoms with E-state index in [1.54, 1.807) is 6.08 Å². The Morgan fingerprint density at radius 3 is 1.72 bits per heavy atom. The monoisotopic (exact) mass is 769 g/mol. The number of carbonyl (C=O) groups excluding carboxylic acids is 2. The van der Waals surface area contributed by atoms with Gasteiger partial charge in [-0.2, -0.15) is 0 Å². The fraction of sp³-hybridized carbons (Fsp3) is 0.814. The molecule has 0 aromatic rings. The van der Waals surface area contributed by atoms with Gasteiger partial charge < -0.3 is 43.0 Å². The minimum Gasteiger partial charge on any atom is -0.470 e. The predicted molar refractivity (Wildman–Crippen MR) is 212 cm³/mol. The van der Waals surface area contributed by atoms with Crippen LogP contribution in [0.5, 0.6) is 0 Å². The number of aliphatic hydroxyl groups is 1. The molecule has 0 amide bonds. The van der Waals surface area contributed by atoms with Gasteiger partial charge in [0, 0.05) is 13.0 Å². The normalized spacial score (nSPS) is 20.3. The van der Waals surface area contributed by atoms with Gasteiger partial charge in [-0.05, 0) is 26.2 Å². The number of carbonyl (C=O) groups is 2. The molecule has 54 heavy (non-hydrogen) atoms. The van der Waals surface area contributed by atoms with Gasteiger partial charge in [-0.3, -0.25) is 0 Å². The summed E-state index contributed by atoms with van der Waals surface area (Å²) in [6, 6.07) is 0. The summed E-state index contributed by atoms with van der Waals surface area (Å²) < 4.78 is 46.5. The van der Waals surface area contributed by atoms with Crippen LogP contribution in [-0.2, 0) is 37.9 Å². The van der Waals surface area contributed by atoms with Gasteiger partial charge in [-0.15, -0.1) is 0 Å². The Labute approximate surface area is 327 Å². The van der Waals surface area contributed by atoms with Gasteiger partial charge in [0.1, 0.15) is 37.6 Å². The molecule has 6 atom stereocenters. The van der Waals surface area contributed by atoms with Gasteiger partial charge in [0.05, 0.1) is 19.5 Å². The summed E-state index contributed by atoms with van der Waals surface area (Å²) >= 11 is 0. The number of hydrogen-bond donors (Lipinski definition) is 1.